The molecule has 1 aliphatic rings. The number of fused-ring (bicyclic) bond motifs is 1. The molecule has 2 heterocycles. The van der Waals surface area contributed by atoms with Crippen LogP contribution in [0, 0.1) is 5.82 Å². The molecule has 1 saturated heterocycles. The minimum absolute atomic E-state index is 0.0132. The molecule has 1 aromatic heterocycles. The lowest BCUT2D eigenvalue weighted by Gasteiger charge is -2.34. The molecule has 0 spiro atoms. The Morgan fingerprint density at radius 1 is 1.17 bits per heavy atom. The van der Waals surface area contributed by atoms with E-state index < -0.39 is 15.7 Å². The highest BCUT2D eigenvalue weighted by molar-refractivity contribution is 7.91. The number of sulfone groups is 1. The van der Waals surface area contributed by atoms with E-state index in [2.05, 4.69) is 15.1 Å². The second-order valence-corrected chi connectivity index (χ2v) is 11.7. The van der Waals surface area contributed by atoms with Crippen LogP contribution in [0.3, 0.4) is 0 Å². The molecule has 188 valence electrons. The van der Waals surface area contributed by atoms with Crippen LogP contribution in [0.5, 0.6) is 5.75 Å². The highest BCUT2D eigenvalue weighted by Crippen LogP contribution is 2.38. The topological polar surface area (TPSA) is 91.8 Å². The number of thiazole rings is 1. The van der Waals surface area contributed by atoms with Gasteiger partial charge in [-0.25, -0.2) is 17.8 Å². The number of hydrogen-bond acceptors (Lipinski definition) is 8. The van der Waals surface area contributed by atoms with E-state index in [9.17, 15) is 17.6 Å². The molecule has 0 radical (unpaired) electrons. The Morgan fingerprint density at radius 3 is 2.57 bits per heavy atom. The summed E-state index contributed by atoms with van der Waals surface area (Å²) in [5, 5.41) is 4.25. The lowest BCUT2D eigenvalue weighted by Crippen LogP contribution is -2.48. The number of halogens is 2. The molecule has 1 amide bonds. The molecule has 0 aliphatic carbocycles. The minimum Gasteiger partial charge on any atom is -0.493 e. The second kappa shape index (κ2) is 11.1. The maximum Gasteiger partial charge on any atom is 0.221 e. The predicted octanol–water partition coefficient (Wildman–Crippen LogP) is 3.20. The molecule has 12 heteroatoms. The highest BCUT2D eigenvalue weighted by Gasteiger charge is 2.22. The summed E-state index contributed by atoms with van der Waals surface area (Å²) < 4.78 is 44.0. The van der Waals surface area contributed by atoms with Crippen molar-refractivity contribution in [1.82, 2.24) is 15.2 Å². The van der Waals surface area contributed by atoms with Crippen molar-refractivity contribution in [2.45, 2.75) is 11.3 Å². The molecule has 3 aromatic rings. The van der Waals surface area contributed by atoms with E-state index >= 15 is 0 Å². The van der Waals surface area contributed by atoms with Crippen LogP contribution < -0.4 is 15.0 Å². The van der Waals surface area contributed by atoms with Crippen LogP contribution in [-0.2, 0) is 14.6 Å². The first-order valence-electron chi connectivity index (χ1n) is 11.1. The molecule has 1 N–H and O–H groups in total. The summed E-state index contributed by atoms with van der Waals surface area (Å²) >= 11 is 7.82. The van der Waals surface area contributed by atoms with Gasteiger partial charge in [0.15, 0.2) is 20.7 Å². The number of carbonyl (C=O) groups excluding carboxylic acids is 1. The summed E-state index contributed by atoms with van der Waals surface area (Å²) in [7, 11) is -2.05. The summed E-state index contributed by atoms with van der Waals surface area (Å²) in [6.07, 6.45) is -0.140. The molecule has 0 atom stereocenters. The number of hydrogen-bond donors (Lipinski definition) is 1. The molecule has 8 nitrogen and oxygen atoms in total. The van der Waals surface area contributed by atoms with Gasteiger partial charge in [0.2, 0.25) is 5.91 Å². The fraction of sp³-hybridized carbons (Fsp3) is 0.391. The molecule has 1 fully saturated rings. The van der Waals surface area contributed by atoms with E-state index in [1.165, 1.54) is 12.1 Å². The fourth-order valence-electron chi connectivity index (χ4n) is 3.85. The number of amides is 1. The van der Waals surface area contributed by atoms with Gasteiger partial charge in [0.25, 0.3) is 0 Å². The molecule has 35 heavy (non-hydrogen) atoms. The fourth-order valence-corrected chi connectivity index (χ4v) is 6.34. The minimum atomic E-state index is -3.63. The smallest absolute Gasteiger partial charge is 0.221 e. The van der Waals surface area contributed by atoms with Gasteiger partial charge >= 0.3 is 0 Å². The van der Waals surface area contributed by atoms with E-state index in [4.69, 9.17) is 21.3 Å². The third-order valence-electron chi connectivity index (χ3n) is 5.82. The van der Waals surface area contributed by atoms with Gasteiger partial charge in [0.1, 0.15) is 11.3 Å². The summed E-state index contributed by atoms with van der Waals surface area (Å²) in [6, 6.07) is 8.37. The van der Waals surface area contributed by atoms with Crippen molar-refractivity contribution in [3.8, 4) is 5.75 Å². The van der Waals surface area contributed by atoms with E-state index in [-0.39, 0.29) is 23.0 Å². The number of rotatable bonds is 9. The van der Waals surface area contributed by atoms with E-state index in [1.54, 1.807) is 18.4 Å². The number of anilines is 1. The van der Waals surface area contributed by atoms with Crippen molar-refractivity contribution in [2.75, 3.05) is 57.0 Å². The zero-order valence-electron chi connectivity index (χ0n) is 19.2. The van der Waals surface area contributed by atoms with E-state index in [0.29, 0.717) is 23.9 Å². The van der Waals surface area contributed by atoms with Gasteiger partial charge in [-0.05, 0) is 36.4 Å². The first-order chi connectivity index (χ1) is 16.8. The van der Waals surface area contributed by atoms with Gasteiger partial charge in [-0.3, -0.25) is 9.69 Å². The number of nitrogens with zero attached hydrogens (tertiary/aromatic N) is 3. The van der Waals surface area contributed by atoms with Crippen LogP contribution in [0.4, 0.5) is 9.52 Å². The van der Waals surface area contributed by atoms with Crippen molar-refractivity contribution in [1.29, 1.82) is 0 Å². The first kappa shape index (κ1) is 25.6. The maximum atomic E-state index is 13.0. The average Bonchev–Trinajstić information content (AvgIpc) is 3.28. The number of nitrogens with one attached hydrogen (secondary N) is 1. The molecule has 0 saturated carbocycles. The predicted molar refractivity (Wildman–Crippen MR) is 136 cm³/mol. The second-order valence-electron chi connectivity index (χ2n) is 8.13. The SMILES string of the molecule is COc1c(Cl)ccc2sc(N3CCN(CCNC(=O)CCS(=O)(=O)c4ccc(F)cc4)CC3)nc12. The summed E-state index contributed by atoms with van der Waals surface area (Å²) in [4.78, 5) is 21.4. The van der Waals surface area contributed by atoms with Crippen LogP contribution >= 0.6 is 22.9 Å². The van der Waals surface area contributed by atoms with Gasteiger partial charge < -0.3 is 15.0 Å². The molecule has 2 aromatic carbocycles. The number of carbonyl (C=O) groups is 1. The Kier molecular flexibility index (Phi) is 8.10. The van der Waals surface area contributed by atoms with Crippen molar-refractivity contribution in [3.63, 3.8) is 0 Å². The zero-order chi connectivity index (χ0) is 25.0. The van der Waals surface area contributed by atoms with Crippen LogP contribution in [0.15, 0.2) is 41.3 Å². The Balaban J connectivity index is 1.20. The van der Waals surface area contributed by atoms with Gasteiger partial charge in [0, 0.05) is 45.7 Å². The van der Waals surface area contributed by atoms with Crippen LogP contribution in [0.1, 0.15) is 6.42 Å². The highest BCUT2D eigenvalue weighted by atomic mass is 35.5. The lowest BCUT2D eigenvalue weighted by molar-refractivity contribution is -0.120. The Hall–Kier alpha value is -2.47. The molecular weight excluding hydrogens is 515 g/mol. The van der Waals surface area contributed by atoms with Crippen LogP contribution in [0.2, 0.25) is 5.02 Å². The van der Waals surface area contributed by atoms with Crippen molar-refractivity contribution in [3.05, 3.63) is 47.2 Å². The summed E-state index contributed by atoms with van der Waals surface area (Å²) in [5.41, 5.74) is 0.770. The third kappa shape index (κ3) is 6.21. The van der Waals surface area contributed by atoms with Crippen molar-refractivity contribution >= 4 is 54.0 Å². The third-order valence-corrected chi connectivity index (χ3v) is 8.93. The Bertz CT molecular complexity index is 1290. The van der Waals surface area contributed by atoms with Crippen LogP contribution in [-0.4, -0.2) is 76.3 Å². The Labute approximate surface area is 212 Å². The molecular formula is C23H26ClFN4O4S2. The number of methoxy groups -OCH3 is 1. The van der Waals surface area contributed by atoms with Crippen molar-refractivity contribution < 1.29 is 22.3 Å². The molecule has 1 aliphatic heterocycles. The number of ether oxygens (including phenoxy) is 1. The summed E-state index contributed by atoms with van der Waals surface area (Å²) in [6.45, 7) is 4.37. The largest absolute Gasteiger partial charge is 0.493 e. The molecule has 0 bridgehead atoms. The van der Waals surface area contributed by atoms with Crippen LogP contribution in [0.25, 0.3) is 10.2 Å². The van der Waals surface area contributed by atoms with Gasteiger partial charge in [-0.15, -0.1) is 0 Å². The number of piperazine rings is 1. The van der Waals surface area contributed by atoms with Gasteiger partial charge in [-0.1, -0.05) is 22.9 Å². The van der Waals surface area contributed by atoms with E-state index in [0.717, 1.165) is 53.7 Å². The maximum absolute atomic E-state index is 13.0. The quantitative estimate of drug-likeness (QED) is 0.417. The molecule has 0 unspecified atom stereocenters. The number of benzene rings is 2. The lowest BCUT2D eigenvalue weighted by atomic mass is 10.3. The monoisotopic (exact) mass is 540 g/mol. The average molecular weight is 541 g/mol. The standard InChI is InChI=1S/C23H26ClFN4O4S2/c1-33-22-18(24)6-7-19-21(22)27-23(34-19)29-13-11-28(12-14-29)10-9-26-20(30)8-15-35(31,32)17-4-2-16(25)3-5-17/h2-7H,8-15H2,1H3,(H,26,30). The van der Waals surface area contributed by atoms with E-state index in [1.807, 2.05) is 12.1 Å². The van der Waals surface area contributed by atoms with Gasteiger partial charge in [0.05, 0.1) is 27.5 Å². The first-order valence-corrected chi connectivity index (χ1v) is 14.0. The number of aromatic nitrogens is 1. The summed E-state index contributed by atoms with van der Waals surface area (Å²) in [5.74, 6) is -0.558. The normalized spacial score (nSPS) is 14.9. The van der Waals surface area contributed by atoms with Gasteiger partial charge in [-0.2, -0.15) is 0 Å². The molecule has 4 rings (SSSR count). The Morgan fingerprint density at radius 2 is 1.89 bits per heavy atom. The van der Waals surface area contributed by atoms with Crippen molar-refractivity contribution in [2.24, 2.45) is 0 Å². The zero-order valence-corrected chi connectivity index (χ0v) is 21.6.